The highest BCUT2D eigenvalue weighted by Crippen LogP contribution is 2.33. The summed E-state index contributed by atoms with van der Waals surface area (Å²) in [7, 11) is 0. The van der Waals surface area contributed by atoms with Crippen molar-refractivity contribution in [1.82, 2.24) is 4.98 Å². The molecule has 0 amide bonds. The lowest BCUT2D eigenvalue weighted by molar-refractivity contribution is 0.675. The SMILES string of the molecule is CCCCN(CCCC)c1c(Br)cncc1Br. The van der Waals surface area contributed by atoms with Crippen molar-refractivity contribution in [2.75, 3.05) is 18.0 Å². The van der Waals surface area contributed by atoms with E-state index in [9.17, 15) is 0 Å². The fourth-order valence-corrected chi connectivity index (χ4v) is 3.17. The van der Waals surface area contributed by atoms with E-state index in [0.717, 1.165) is 22.0 Å². The third-order valence-electron chi connectivity index (χ3n) is 2.71. The largest absolute Gasteiger partial charge is 0.370 e. The molecule has 1 aromatic heterocycles. The summed E-state index contributed by atoms with van der Waals surface area (Å²) in [5, 5.41) is 0. The van der Waals surface area contributed by atoms with Gasteiger partial charge >= 0.3 is 0 Å². The average Bonchev–Trinajstić information content (AvgIpc) is 2.31. The molecule has 0 aromatic carbocycles. The van der Waals surface area contributed by atoms with Crippen LogP contribution < -0.4 is 4.90 Å². The van der Waals surface area contributed by atoms with Gasteiger partial charge in [0.25, 0.3) is 0 Å². The van der Waals surface area contributed by atoms with E-state index in [-0.39, 0.29) is 0 Å². The third kappa shape index (κ3) is 4.59. The van der Waals surface area contributed by atoms with Crippen molar-refractivity contribution in [2.24, 2.45) is 0 Å². The second-order valence-corrected chi connectivity index (χ2v) is 5.85. The van der Waals surface area contributed by atoms with E-state index in [4.69, 9.17) is 0 Å². The summed E-state index contributed by atoms with van der Waals surface area (Å²) >= 11 is 7.19. The first-order valence-electron chi connectivity index (χ1n) is 6.24. The Kier molecular flexibility index (Phi) is 7.12. The van der Waals surface area contributed by atoms with Gasteiger partial charge < -0.3 is 4.90 Å². The molecule has 96 valence electrons. The topological polar surface area (TPSA) is 16.1 Å². The van der Waals surface area contributed by atoms with E-state index in [1.165, 1.54) is 31.4 Å². The minimum Gasteiger partial charge on any atom is -0.370 e. The smallest absolute Gasteiger partial charge is 0.0686 e. The average molecular weight is 364 g/mol. The van der Waals surface area contributed by atoms with Crippen molar-refractivity contribution >= 4 is 37.5 Å². The highest BCUT2D eigenvalue weighted by molar-refractivity contribution is 9.11. The molecule has 1 aromatic rings. The highest BCUT2D eigenvalue weighted by atomic mass is 79.9. The van der Waals surface area contributed by atoms with E-state index >= 15 is 0 Å². The molecule has 0 atom stereocenters. The number of halogens is 2. The Bertz CT molecular complexity index is 314. The summed E-state index contributed by atoms with van der Waals surface area (Å²) in [4.78, 5) is 6.61. The molecule has 0 radical (unpaired) electrons. The van der Waals surface area contributed by atoms with Crippen LogP contribution in [0.5, 0.6) is 0 Å². The molecule has 0 N–H and O–H groups in total. The predicted molar refractivity (Wildman–Crippen MR) is 81.7 cm³/mol. The second kappa shape index (κ2) is 8.09. The normalized spacial score (nSPS) is 10.6. The number of anilines is 1. The molecule has 0 spiro atoms. The van der Waals surface area contributed by atoms with E-state index < -0.39 is 0 Å². The molecule has 0 aliphatic heterocycles. The maximum absolute atomic E-state index is 4.17. The van der Waals surface area contributed by atoms with Gasteiger partial charge in [-0.1, -0.05) is 26.7 Å². The zero-order valence-electron chi connectivity index (χ0n) is 10.5. The fourth-order valence-electron chi connectivity index (χ4n) is 1.74. The molecule has 17 heavy (non-hydrogen) atoms. The van der Waals surface area contributed by atoms with Gasteiger partial charge in [-0.15, -0.1) is 0 Å². The molecule has 0 saturated heterocycles. The third-order valence-corrected chi connectivity index (χ3v) is 3.87. The summed E-state index contributed by atoms with van der Waals surface area (Å²) in [5.74, 6) is 0. The van der Waals surface area contributed by atoms with Gasteiger partial charge in [-0.05, 0) is 44.7 Å². The number of aromatic nitrogens is 1. The van der Waals surface area contributed by atoms with Crippen LogP contribution >= 0.6 is 31.9 Å². The lowest BCUT2D eigenvalue weighted by Crippen LogP contribution is -2.26. The Labute approximate surface area is 121 Å². The van der Waals surface area contributed by atoms with Crippen molar-refractivity contribution in [1.29, 1.82) is 0 Å². The summed E-state index contributed by atoms with van der Waals surface area (Å²) in [6.45, 7) is 6.68. The molecule has 0 unspecified atom stereocenters. The summed E-state index contributed by atoms with van der Waals surface area (Å²) in [6.07, 6.45) is 8.64. The van der Waals surface area contributed by atoms with Crippen molar-refractivity contribution in [3.8, 4) is 0 Å². The van der Waals surface area contributed by atoms with Crippen molar-refractivity contribution in [3.05, 3.63) is 21.3 Å². The second-order valence-electron chi connectivity index (χ2n) is 4.15. The van der Waals surface area contributed by atoms with Crippen LogP contribution in [-0.4, -0.2) is 18.1 Å². The van der Waals surface area contributed by atoms with Gasteiger partial charge in [0, 0.05) is 25.5 Å². The standard InChI is InChI=1S/C13H20Br2N2/c1-3-5-7-17(8-6-4-2)13-11(14)9-16-10-12(13)15/h9-10H,3-8H2,1-2H3. The van der Waals surface area contributed by atoms with E-state index in [2.05, 4.69) is 55.6 Å². The number of rotatable bonds is 7. The first-order valence-corrected chi connectivity index (χ1v) is 7.83. The van der Waals surface area contributed by atoms with Crippen LogP contribution in [0.25, 0.3) is 0 Å². The van der Waals surface area contributed by atoms with Crippen LogP contribution in [0.1, 0.15) is 39.5 Å². The molecule has 1 heterocycles. The van der Waals surface area contributed by atoms with E-state index in [1.54, 1.807) is 0 Å². The van der Waals surface area contributed by atoms with Gasteiger partial charge in [0.15, 0.2) is 0 Å². The summed E-state index contributed by atoms with van der Waals surface area (Å²) < 4.78 is 2.14. The Balaban J connectivity index is 2.86. The van der Waals surface area contributed by atoms with Gasteiger partial charge in [0.05, 0.1) is 14.6 Å². The number of unbranched alkanes of at least 4 members (excludes halogenated alkanes) is 2. The van der Waals surface area contributed by atoms with Crippen LogP contribution in [-0.2, 0) is 0 Å². The van der Waals surface area contributed by atoms with Crippen LogP contribution in [0.15, 0.2) is 21.3 Å². The molecule has 0 saturated carbocycles. The molecule has 0 fully saturated rings. The van der Waals surface area contributed by atoms with E-state index in [1.807, 2.05) is 12.4 Å². The minimum absolute atomic E-state index is 1.07. The van der Waals surface area contributed by atoms with Crippen molar-refractivity contribution in [3.63, 3.8) is 0 Å². The number of pyridine rings is 1. The Hall–Kier alpha value is -0.0900. The quantitative estimate of drug-likeness (QED) is 0.676. The molecule has 0 bridgehead atoms. The van der Waals surface area contributed by atoms with Gasteiger partial charge in [-0.25, -0.2) is 0 Å². The number of hydrogen-bond acceptors (Lipinski definition) is 2. The van der Waals surface area contributed by atoms with Crippen LogP contribution in [0.2, 0.25) is 0 Å². The molecule has 0 aliphatic carbocycles. The molecular weight excluding hydrogens is 344 g/mol. The minimum atomic E-state index is 1.07. The van der Waals surface area contributed by atoms with Crippen molar-refractivity contribution < 1.29 is 0 Å². The monoisotopic (exact) mass is 362 g/mol. The lowest BCUT2D eigenvalue weighted by atomic mass is 10.2. The molecule has 1 rings (SSSR count). The Morgan fingerprint density at radius 3 is 1.88 bits per heavy atom. The maximum Gasteiger partial charge on any atom is 0.0686 e. The Morgan fingerprint density at radius 2 is 1.47 bits per heavy atom. The zero-order chi connectivity index (χ0) is 12.7. The van der Waals surface area contributed by atoms with Crippen LogP contribution in [0.4, 0.5) is 5.69 Å². The zero-order valence-corrected chi connectivity index (χ0v) is 13.7. The maximum atomic E-state index is 4.17. The Morgan fingerprint density at radius 1 is 1.00 bits per heavy atom. The van der Waals surface area contributed by atoms with Gasteiger partial charge in [-0.2, -0.15) is 0 Å². The first-order chi connectivity index (χ1) is 8.20. The first kappa shape index (κ1) is 15.0. The molecule has 2 nitrogen and oxygen atoms in total. The molecular formula is C13H20Br2N2. The van der Waals surface area contributed by atoms with Gasteiger partial charge in [0.1, 0.15) is 0 Å². The predicted octanol–water partition coefficient (Wildman–Crippen LogP) is 5.01. The van der Waals surface area contributed by atoms with Gasteiger partial charge in [-0.3, -0.25) is 4.98 Å². The molecule has 4 heteroatoms. The van der Waals surface area contributed by atoms with E-state index in [0.29, 0.717) is 0 Å². The highest BCUT2D eigenvalue weighted by Gasteiger charge is 2.13. The van der Waals surface area contributed by atoms with Gasteiger partial charge in [0.2, 0.25) is 0 Å². The van der Waals surface area contributed by atoms with Crippen LogP contribution in [0, 0.1) is 0 Å². The number of nitrogens with zero attached hydrogens (tertiary/aromatic N) is 2. The fraction of sp³-hybridized carbons (Fsp3) is 0.615. The van der Waals surface area contributed by atoms with Crippen molar-refractivity contribution in [2.45, 2.75) is 39.5 Å². The molecule has 0 aliphatic rings. The summed E-state index contributed by atoms with van der Waals surface area (Å²) in [6, 6.07) is 0. The summed E-state index contributed by atoms with van der Waals surface area (Å²) in [5.41, 5.74) is 1.24. The van der Waals surface area contributed by atoms with Crippen LogP contribution in [0.3, 0.4) is 0 Å². The number of hydrogen-bond donors (Lipinski definition) is 0. The lowest BCUT2D eigenvalue weighted by Gasteiger charge is -2.26.